The Morgan fingerprint density at radius 2 is 1.88 bits per heavy atom. The average Bonchev–Trinajstić information content (AvgIpc) is 2.80. The molecular formula is C23H35N5O5. The summed E-state index contributed by atoms with van der Waals surface area (Å²) < 4.78 is 5.74. The maximum atomic E-state index is 13.0. The van der Waals surface area contributed by atoms with E-state index in [1.165, 1.54) is 4.90 Å². The second-order valence-corrected chi connectivity index (χ2v) is 7.94. The summed E-state index contributed by atoms with van der Waals surface area (Å²) in [5.41, 5.74) is 0.248. The molecule has 1 aliphatic rings. The number of fused-ring (bicyclic) bond motifs is 1. The quantitative estimate of drug-likeness (QED) is 0.548. The van der Waals surface area contributed by atoms with Crippen LogP contribution in [0.5, 0.6) is 5.75 Å². The predicted octanol–water partition coefficient (Wildman–Crippen LogP) is -0.0114. The van der Waals surface area contributed by atoms with Crippen molar-refractivity contribution in [1.29, 1.82) is 0 Å². The van der Waals surface area contributed by atoms with Gasteiger partial charge in [0.05, 0.1) is 18.5 Å². The first-order chi connectivity index (χ1) is 15.8. The number of nitrogens with one attached hydrogen (secondary N) is 3. The van der Waals surface area contributed by atoms with E-state index in [-0.39, 0.29) is 31.0 Å². The predicted molar refractivity (Wildman–Crippen MR) is 124 cm³/mol. The van der Waals surface area contributed by atoms with Crippen molar-refractivity contribution in [3.8, 4) is 5.75 Å². The zero-order valence-corrected chi connectivity index (χ0v) is 19.8. The molecule has 3 N–H and O–H groups in total. The molecular weight excluding hydrogens is 426 g/mol. The van der Waals surface area contributed by atoms with E-state index in [1.54, 1.807) is 38.2 Å². The third kappa shape index (κ3) is 7.74. The normalized spacial score (nSPS) is 20.3. The Morgan fingerprint density at radius 1 is 1.18 bits per heavy atom. The lowest BCUT2D eigenvalue weighted by Gasteiger charge is -2.25. The lowest BCUT2D eigenvalue weighted by molar-refractivity contribution is -0.135. The molecule has 1 aromatic rings. The van der Waals surface area contributed by atoms with Crippen LogP contribution >= 0.6 is 0 Å². The van der Waals surface area contributed by atoms with Gasteiger partial charge in [-0.05, 0) is 32.1 Å². The van der Waals surface area contributed by atoms with Gasteiger partial charge in [0.2, 0.25) is 17.7 Å². The van der Waals surface area contributed by atoms with Crippen molar-refractivity contribution in [2.75, 3.05) is 46.4 Å². The molecule has 1 heterocycles. The van der Waals surface area contributed by atoms with E-state index in [2.05, 4.69) is 20.9 Å². The molecule has 0 aromatic heterocycles. The molecule has 0 saturated carbocycles. The Bertz CT molecular complexity index is 842. The number of para-hydroxylation sites is 1. The van der Waals surface area contributed by atoms with Crippen LogP contribution in [0.25, 0.3) is 0 Å². The molecule has 0 saturated heterocycles. The van der Waals surface area contributed by atoms with Crippen LogP contribution in [-0.4, -0.2) is 91.9 Å². The van der Waals surface area contributed by atoms with Gasteiger partial charge in [-0.25, -0.2) is 0 Å². The maximum absolute atomic E-state index is 13.0. The highest BCUT2D eigenvalue weighted by Gasteiger charge is 2.28. The summed E-state index contributed by atoms with van der Waals surface area (Å²) in [5.74, 6) is -1.42. The Kier molecular flexibility index (Phi) is 10.1. The van der Waals surface area contributed by atoms with Crippen LogP contribution in [0.2, 0.25) is 0 Å². The minimum absolute atomic E-state index is 0.169. The summed E-state index contributed by atoms with van der Waals surface area (Å²) in [5, 5.41) is 8.07. The van der Waals surface area contributed by atoms with Crippen molar-refractivity contribution < 1.29 is 23.9 Å². The van der Waals surface area contributed by atoms with Gasteiger partial charge >= 0.3 is 0 Å². The van der Waals surface area contributed by atoms with Crippen molar-refractivity contribution >= 4 is 23.6 Å². The van der Waals surface area contributed by atoms with Gasteiger partial charge in [-0.15, -0.1) is 0 Å². The molecule has 10 heteroatoms. The zero-order chi connectivity index (χ0) is 24.4. The lowest BCUT2D eigenvalue weighted by Crippen LogP contribution is -2.52. The van der Waals surface area contributed by atoms with Gasteiger partial charge in [0.25, 0.3) is 5.91 Å². The Morgan fingerprint density at radius 3 is 2.58 bits per heavy atom. The van der Waals surface area contributed by atoms with E-state index in [0.717, 1.165) is 13.1 Å². The SMILES string of the molecule is CCN(CC)CCNC(=O)[C@@H]1CC(=O)N[C@@H](C)C(=O)N(C)CCOc2ccccc2C(=O)N1. The largest absolute Gasteiger partial charge is 0.491 e. The number of carbonyl (C=O) groups is 4. The summed E-state index contributed by atoms with van der Waals surface area (Å²) >= 11 is 0. The fourth-order valence-corrected chi connectivity index (χ4v) is 3.51. The second kappa shape index (κ2) is 12.8. The maximum Gasteiger partial charge on any atom is 0.255 e. The summed E-state index contributed by atoms with van der Waals surface area (Å²) in [6, 6.07) is 4.77. The molecule has 0 unspecified atom stereocenters. The highest BCUT2D eigenvalue weighted by Crippen LogP contribution is 2.18. The summed E-state index contributed by atoms with van der Waals surface area (Å²) in [4.78, 5) is 54.6. The molecule has 2 rings (SSSR count). The summed E-state index contributed by atoms with van der Waals surface area (Å²) in [6.45, 7) is 8.84. The van der Waals surface area contributed by atoms with Crippen LogP contribution in [0.15, 0.2) is 24.3 Å². The summed E-state index contributed by atoms with van der Waals surface area (Å²) in [6.07, 6.45) is -0.298. The molecule has 10 nitrogen and oxygen atoms in total. The van der Waals surface area contributed by atoms with Gasteiger partial charge in [0, 0.05) is 20.1 Å². The Balaban J connectivity index is 2.23. The minimum atomic E-state index is -1.11. The smallest absolute Gasteiger partial charge is 0.255 e. The number of ether oxygens (including phenoxy) is 1. The summed E-state index contributed by atoms with van der Waals surface area (Å²) in [7, 11) is 1.62. The molecule has 0 aliphatic carbocycles. The average molecular weight is 462 g/mol. The molecule has 1 aromatic carbocycles. The van der Waals surface area contributed by atoms with Crippen LogP contribution in [0.3, 0.4) is 0 Å². The standard InChI is InChI=1S/C23H35N5O5/c1-5-28(6-2)12-11-24-22(31)18-15-20(29)25-16(3)23(32)27(4)13-14-33-19-10-8-7-9-17(19)21(30)26-18/h7-10,16,18H,5-6,11-15H2,1-4H3,(H,24,31)(H,25,29)(H,26,30)/t16-,18-/m0/s1. The molecule has 1 aliphatic heterocycles. The fourth-order valence-electron chi connectivity index (χ4n) is 3.51. The molecule has 0 bridgehead atoms. The number of hydrogen-bond acceptors (Lipinski definition) is 6. The number of hydrogen-bond donors (Lipinski definition) is 3. The Hall–Kier alpha value is -3.14. The van der Waals surface area contributed by atoms with Gasteiger partial charge < -0.3 is 30.5 Å². The third-order valence-corrected chi connectivity index (χ3v) is 5.57. The van der Waals surface area contributed by atoms with E-state index >= 15 is 0 Å². The highest BCUT2D eigenvalue weighted by atomic mass is 16.5. The van der Waals surface area contributed by atoms with Crippen molar-refractivity contribution in [3.05, 3.63) is 29.8 Å². The van der Waals surface area contributed by atoms with Gasteiger partial charge in [-0.3, -0.25) is 19.2 Å². The van der Waals surface area contributed by atoms with Gasteiger partial charge in [0.1, 0.15) is 24.4 Å². The molecule has 2 atom stereocenters. The number of carbonyl (C=O) groups excluding carboxylic acids is 4. The van der Waals surface area contributed by atoms with Crippen molar-refractivity contribution in [2.24, 2.45) is 0 Å². The highest BCUT2D eigenvalue weighted by molar-refractivity contribution is 6.01. The fraction of sp³-hybridized carbons (Fsp3) is 0.565. The third-order valence-electron chi connectivity index (χ3n) is 5.57. The van der Waals surface area contributed by atoms with Crippen molar-refractivity contribution in [2.45, 2.75) is 39.3 Å². The number of amides is 4. The van der Waals surface area contributed by atoms with Crippen LogP contribution in [0.4, 0.5) is 0 Å². The van der Waals surface area contributed by atoms with Crippen LogP contribution in [0, 0.1) is 0 Å². The van der Waals surface area contributed by atoms with E-state index < -0.39 is 29.8 Å². The van der Waals surface area contributed by atoms with Gasteiger partial charge in [0.15, 0.2) is 0 Å². The number of likely N-dealkylation sites (N-methyl/N-ethyl adjacent to an activating group) is 2. The van der Waals surface area contributed by atoms with E-state index in [9.17, 15) is 19.2 Å². The first-order valence-corrected chi connectivity index (χ1v) is 11.3. The second-order valence-electron chi connectivity index (χ2n) is 7.94. The topological polar surface area (TPSA) is 120 Å². The molecule has 0 spiro atoms. The molecule has 4 amide bonds. The molecule has 0 radical (unpaired) electrons. The van der Waals surface area contributed by atoms with Crippen LogP contribution in [0.1, 0.15) is 37.6 Å². The monoisotopic (exact) mass is 461 g/mol. The van der Waals surface area contributed by atoms with Crippen LogP contribution in [-0.2, 0) is 14.4 Å². The lowest BCUT2D eigenvalue weighted by atomic mass is 10.1. The minimum Gasteiger partial charge on any atom is -0.491 e. The van der Waals surface area contributed by atoms with E-state index in [1.807, 2.05) is 13.8 Å². The zero-order valence-electron chi connectivity index (χ0n) is 19.8. The van der Waals surface area contributed by atoms with Gasteiger partial charge in [-0.1, -0.05) is 26.0 Å². The van der Waals surface area contributed by atoms with Crippen molar-refractivity contribution in [1.82, 2.24) is 25.8 Å². The van der Waals surface area contributed by atoms with E-state index in [0.29, 0.717) is 18.8 Å². The molecule has 0 fully saturated rings. The Labute approximate surface area is 195 Å². The van der Waals surface area contributed by atoms with Crippen molar-refractivity contribution in [3.63, 3.8) is 0 Å². The first-order valence-electron chi connectivity index (χ1n) is 11.3. The number of benzene rings is 1. The van der Waals surface area contributed by atoms with E-state index in [4.69, 9.17) is 4.74 Å². The van der Waals surface area contributed by atoms with Crippen LogP contribution < -0.4 is 20.7 Å². The number of nitrogens with zero attached hydrogens (tertiary/aromatic N) is 2. The van der Waals surface area contributed by atoms with Gasteiger partial charge in [-0.2, -0.15) is 0 Å². The number of rotatable bonds is 6. The first kappa shape index (κ1) is 26.1. The molecule has 33 heavy (non-hydrogen) atoms. The molecule has 182 valence electrons.